The Labute approximate surface area is 145 Å². The molecule has 0 radical (unpaired) electrons. The van der Waals surface area contributed by atoms with Gasteiger partial charge in [-0.15, -0.1) is 0 Å². The minimum absolute atomic E-state index is 0.104. The molecule has 3 heteroatoms. The van der Waals surface area contributed by atoms with Gasteiger partial charge in [0.15, 0.2) is 0 Å². The van der Waals surface area contributed by atoms with E-state index in [0.717, 1.165) is 13.0 Å². The fourth-order valence-electron chi connectivity index (χ4n) is 6.17. The Morgan fingerprint density at radius 1 is 1.33 bits per heavy atom. The molecule has 1 heterocycles. The lowest BCUT2D eigenvalue weighted by Crippen LogP contribution is -2.58. The van der Waals surface area contributed by atoms with Crippen LogP contribution in [0.5, 0.6) is 0 Å². The molecule has 1 amide bonds. The first-order valence-electron chi connectivity index (χ1n) is 9.30. The molecular weight excluding hydrogens is 298 g/mol. The van der Waals surface area contributed by atoms with E-state index in [2.05, 4.69) is 50.4 Å². The van der Waals surface area contributed by atoms with Crippen LogP contribution in [0.15, 0.2) is 24.3 Å². The molecule has 2 aliphatic carbocycles. The number of nitrogens with one attached hydrogen (secondary N) is 1. The van der Waals surface area contributed by atoms with E-state index in [9.17, 15) is 4.79 Å². The van der Waals surface area contributed by atoms with Crippen molar-refractivity contribution in [2.45, 2.75) is 59.1 Å². The van der Waals surface area contributed by atoms with E-state index in [1.165, 1.54) is 24.0 Å². The molecule has 130 valence electrons. The van der Waals surface area contributed by atoms with Gasteiger partial charge in [-0.3, -0.25) is 4.79 Å². The molecule has 1 aromatic carbocycles. The van der Waals surface area contributed by atoms with Crippen LogP contribution in [-0.2, 0) is 9.53 Å². The first kappa shape index (κ1) is 16.1. The molecule has 0 aromatic heterocycles. The fourth-order valence-corrected chi connectivity index (χ4v) is 6.17. The second-order valence-corrected chi connectivity index (χ2v) is 8.89. The van der Waals surface area contributed by atoms with Crippen molar-refractivity contribution < 1.29 is 9.53 Å². The van der Waals surface area contributed by atoms with Gasteiger partial charge in [0.05, 0.1) is 6.10 Å². The third-order valence-electron chi connectivity index (χ3n) is 7.22. The number of amides is 1. The summed E-state index contributed by atoms with van der Waals surface area (Å²) in [5, 5.41) is 3.34. The smallest absolute Gasteiger partial charge is 0.217 e. The van der Waals surface area contributed by atoms with Gasteiger partial charge in [0, 0.05) is 19.6 Å². The minimum atomic E-state index is 0.104. The van der Waals surface area contributed by atoms with Crippen molar-refractivity contribution in [2.24, 2.45) is 22.7 Å². The Morgan fingerprint density at radius 2 is 2.12 bits per heavy atom. The third kappa shape index (κ3) is 2.17. The Morgan fingerprint density at radius 3 is 2.83 bits per heavy atom. The van der Waals surface area contributed by atoms with Crippen molar-refractivity contribution in [3.05, 3.63) is 35.4 Å². The van der Waals surface area contributed by atoms with Crippen LogP contribution in [0, 0.1) is 29.6 Å². The maximum Gasteiger partial charge on any atom is 0.217 e. The molecule has 3 nitrogen and oxygen atoms in total. The number of ether oxygens (including phenoxy) is 1. The van der Waals surface area contributed by atoms with Crippen LogP contribution < -0.4 is 5.32 Å². The molecule has 2 saturated carbocycles. The molecule has 1 aliphatic heterocycles. The summed E-state index contributed by atoms with van der Waals surface area (Å²) in [5.41, 5.74) is 2.98. The average molecular weight is 327 g/mol. The van der Waals surface area contributed by atoms with Gasteiger partial charge in [0.2, 0.25) is 5.91 Å². The van der Waals surface area contributed by atoms with Crippen molar-refractivity contribution in [1.29, 1.82) is 0 Å². The third-order valence-corrected chi connectivity index (χ3v) is 7.22. The quantitative estimate of drug-likeness (QED) is 0.891. The first-order valence-corrected chi connectivity index (χ1v) is 9.30. The van der Waals surface area contributed by atoms with E-state index in [4.69, 9.17) is 4.74 Å². The zero-order chi connectivity index (χ0) is 17.1. The van der Waals surface area contributed by atoms with Crippen LogP contribution in [0.1, 0.15) is 57.3 Å². The number of rotatable bonds is 2. The van der Waals surface area contributed by atoms with E-state index in [1.807, 2.05) is 0 Å². The molecule has 3 fully saturated rings. The number of hydrogen-bond donors (Lipinski definition) is 1. The summed E-state index contributed by atoms with van der Waals surface area (Å²) in [4.78, 5) is 11.9. The summed E-state index contributed by atoms with van der Waals surface area (Å²) < 4.78 is 6.29. The zero-order valence-corrected chi connectivity index (χ0v) is 15.3. The van der Waals surface area contributed by atoms with E-state index >= 15 is 0 Å². The lowest BCUT2D eigenvalue weighted by molar-refractivity contribution is -0.136. The number of carbonyl (C=O) groups excluding carboxylic acids is 1. The van der Waals surface area contributed by atoms with Crippen molar-refractivity contribution in [3.8, 4) is 0 Å². The van der Waals surface area contributed by atoms with E-state index < -0.39 is 0 Å². The highest BCUT2D eigenvalue weighted by Crippen LogP contribution is 2.70. The predicted molar refractivity (Wildman–Crippen MR) is 94.5 cm³/mol. The minimum Gasteiger partial charge on any atom is -0.373 e. The summed E-state index contributed by atoms with van der Waals surface area (Å²) in [6, 6.07) is 9.03. The standard InChI is InChI=1S/C21H29NO2/c1-13-6-5-7-15(10-13)18-17-11-16-12-21(17,8-9-24-18)19(20(16,3)4)22-14(2)23/h5-7,10,16-19H,8-9,11-12H2,1-4H3,(H,22,23)/t16-,17-,18-,19+,21?/m1/s1. The van der Waals surface area contributed by atoms with Crippen LogP contribution in [0.3, 0.4) is 0 Å². The summed E-state index contributed by atoms with van der Waals surface area (Å²) in [5.74, 6) is 1.30. The normalized spacial score (nSPS) is 39.5. The zero-order valence-electron chi connectivity index (χ0n) is 15.3. The Hall–Kier alpha value is -1.35. The predicted octanol–water partition coefficient (Wildman–Crippen LogP) is 4.01. The molecule has 2 bridgehead atoms. The van der Waals surface area contributed by atoms with Crippen molar-refractivity contribution >= 4 is 5.91 Å². The highest BCUT2D eigenvalue weighted by molar-refractivity contribution is 5.73. The first-order chi connectivity index (χ1) is 11.3. The summed E-state index contributed by atoms with van der Waals surface area (Å²) in [6.45, 7) is 9.30. The Kier molecular flexibility index (Phi) is 3.58. The highest BCUT2D eigenvalue weighted by Gasteiger charge is 2.68. The van der Waals surface area contributed by atoms with Crippen LogP contribution >= 0.6 is 0 Å². The molecule has 1 N–H and O–H groups in total. The van der Waals surface area contributed by atoms with Crippen molar-refractivity contribution in [1.82, 2.24) is 5.32 Å². The number of aryl methyl sites for hydroxylation is 1. The second-order valence-electron chi connectivity index (χ2n) is 8.89. The summed E-state index contributed by atoms with van der Waals surface area (Å²) >= 11 is 0. The van der Waals surface area contributed by atoms with E-state index in [0.29, 0.717) is 11.8 Å². The van der Waals surface area contributed by atoms with Crippen molar-refractivity contribution in [2.75, 3.05) is 6.61 Å². The van der Waals surface area contributed by atoms with Crippen LogP contribution in [0.2, 0.25) is 0 Å². The van der Waals surface area contributed by atoms with Crippen LogP contribution in [-0.4, -0.2) is 18.6 Å². The second kappa shape index (κ2) is 5.32. The van der Waals surface area contributed by atoms with Gasteiger partial charge in [0.25, 0.3) is 0 Å². The molecule has 5 atom stereocenters. The number of benzene rings is 1. The van der Waals surface area contributed by atoms with Gasteiger partial charge in [-0.05, 0) is 54.4 Å². The highest BCUT2D eigenvalue weighted by atomic mass is 16.5. The molecule has 3 aliphatic rings. The van der Waals surface area contributed by atoms with Gasteiger partial charge >= 0.3 is 0 Å². The summed E-state index contributed by atoms with van der Waals surface area (Å²) in [7, 11) is 0. The lowest BCUT2D eigenvalue weighted by Gasteiger charge is -2.53. The lowest BCUT2D eigenvalue weighted by atomic mass is 9.59. The fraction of sp³-hybridized carbons (Fsp3) is 0.667. The van der Waals surface area contributed by atoms with Crippen molar-refractivity contribution in [3.63, 3.8) is 0 Å². The van der Waals surface area contributed by atoms with E-state index in [-0.39, 0.29) is 28.9 Å². The maximum atomic E-state index is 11.9. The average Bonchev–Trinajstić information content (AvgIpc) is 3.00. The SMILES string of the molecule is CC(=O)N[C@H]1C(C)(C)[C@@H]2C[C@@H]3[C@@H](c4cccc(C)c4)OCCC31C2. The summed E-state index contributed by atoms with van der Waals surface area (Å²) in [6.07, 6.45) is 3.71. The van der Waals surface area contributed by atoms with Gasteiger partial charge in [-0.1, -0.05) is 43.7 Å². The Balaban J connectivity index is 1.72. The van der Waals surface area contributed by atoms with Gasteiger partial charge in [-0.25, -0.2) is 0 Å². The van der Waals surface area contributed by atoms with Gasteiger partial charge in [-0.2, -0.15) is 0 Å². The molecule has 1 saturated heterocycles. The number of hydrogen-bond acceptors (Lipinski definition) is 2. The largest absolute Gasteiger partial charge is 0.373 e. The molecule has 24 heavy (non-hydrogen) atoms. The van der Waals surface area contributed by atoms with Gasteiger partial charge in [0.1, 0.15) is 0 Å². The van der Waals surface area contributed by atoms with Gasteiger partial charge < -0.3 is 10.1 Å². The van der Waals surface area contributed by atoms with Crippen LogP contribution in [0.25, 0.3) is 0 Å². The number of carbonyl (C=O) groups is 1. The van der Waals surface area contributed by atoms with Crippen LogP contribution in [0.4, 0.5) is 0 Å². The molecule has 1 aromatic rings. The monoisotopic (exact) mass is 327 g/mol. The van der Waals surface area contributed by atoms with E-state index in [1.54, 1.807) is 6.92 Å². The maximum absolute atomic E-state index is 11.9. The molecule has 1 spiro atoms. The topological polar surface area (TPSA) is 38.3 Å². The molecule has 4 rings (SSSR count). The molecular formula is C21H29NO2. The molecule has 1 unspecified atom stereocenters. The Bertz CT molecular complexity index is 668. The number of fused-ring (bicyclic) bond motifs is 1.